The number of anilines is 1. The maximum atomic E-state index is 12.1. The number of imidazole rings is 1. The third kappa shape index (κ3) is 2.74. The van der Waals surface area contributed by atoms with Gasteiger partial charge in [0.15, 0.2) is 10.8 Å². The summed E-state index contributed by atoms with van der Waals surface area (Å²) in [4.78, 5) is 4.67. The van der Waals surface area contributed by atoms with Crippen molar-refractivity contribution >= 4 is 43.1 Å². The predicted molar refractivity (Wildman–Crippen MR) is 73.7 cm³/mol. The van der Waals surface area contributed by atoms with Gasteiger partial charge in [-0.3, -0.25) is 0 Å². The number of halogens is 1. The SMILES string of the molecule is Cn1cnc(N)c1S(=O)(=O)NCc1ccc(Br)s1. The number of rotatable bonds is 4. The van der Waals surface area contributed by atoms with Crippen LogP contribution in [0.5, 0.6) is 0 Å². The minimum atomic E-state index is -3.65. The van der Waals surface area contributed by atoms with Crippen molar-refractivity contribution in [3.05, 3.63) is 27.1 Å². The molecular formula is C9H11BrN4O2S2. The van der Waals surface area contributed by atoms with Crippen LogP contribution in [-0.4, -0.2) is 18.0 Å². The quantitative estimate of drug-likeness (QED) is 0.869. The first-order valence-electron chi connectivity index (χ1n) is 4.91. The Morgan fingerprint density at radius 3 is 2.78 bits per heavy atom. The van der Waals surface area contributed by atoms with Crippen LogP contribution in [0.3, 0.4) is 0 Å². The Kier molecular flexibility index (Phi) is 3.76. The summed E-state index contributed by atoms with van der Waals surface area (Å²) in [5.74, 6) is -0.00244. The summed E-state index contributed by atoms with van der Waals surface area (Å²) in [5, 5.41) is -0.0156. The molecule has 2 rings (SSSR count). The lowest BCUT2D eigenvalue weighted by molar-refractivity contribution is 0.572. The summed E-state index contributed by atoms with van der Waals surface area (Å²) in [7, 11) is -2.07. The fourth-order valence-electron chi connectivity index (χ4n) is 1.45. The highest BCUT2D eigenvalue weighted by Gasteiger charge is 2.22. The van der Waals surface area contributed by atoms with E-state index in [1.54, 1.807) is 7.05 Å². The third-order valence-electron chi connectivity index (χ3n) is 2.23. The summed E-state index contributed by atoms with van der Waals surface area (Å²) in [6.45, 7) is 0.225. The maximum Gasteiger partial charge on any atom is 0.260 e. The van der Waals surface area contributed by atoms with Crippen molar-refractivity contribution in [2.45, 2.75) is 11.6 Å². The normalized spacial score (nSPS) is 11.9. The molecule has 2 aromatic rings. The number of aromatic nitrogens is 2. The number of thiophene rings is 1. The van der Waals surface area contributed by atoms with Gasteiger partial charge in [0.1, 0.15) is 0 Å². The first-order chi connectivity index (χ1) is 8.40. The Balaban J connectivity index is 2.18. The number of nitrogens with two attached hydrogens (primary N) is 1. The molecule has 98 valence electrons. The number of aryl methyl sites for hydroxylation is 1. The molecule has 0 atom stereocenters. The monoisotopic (exact) mass is 350 g/mol. The van der Waals surface area contributed by atoms with E-state index in [9.17, 15) is 8.42 Å². The van der Waals surface area contributed by atoms with E-state index in [1.807, 2.05) is 12.1 Å². The number of sulfonamides is 1. The average molecular weight is 351 g/mol. The Hall–Kier alpha value is -0.900. The molecule has 3 N–H and O–H groups in total. The second-order valence-corrected chi connectivity index (χ2v) is 7.81. The minimum absolute atomic E-state index is 0.00244. The molecule has 0 unspecified atom stereocenters. The van der Waals surface area contributed by atoms with Gasteiger partial charge in [0.05, 0.1) is 10.1 Å². The molecule has 9 heteroatoms. The molecule has 0 spiro atoms. The molecule has 2 aromatic heterocycles. The van der Waals surface area contributed by atoms with Gasteiger partial charge in [0.2, 0.25) is 0 Å². The Bertz CT molecular complexity index is 642. The molecule has 0 aliphatic carbocycles. The summed E-state index contributed by atoms with van der Waals surface area (Å²) >= 11 is 4.79. The molecule has 0 radical (unpaired) electrons. The van der Waals surface area contributed by atoms with Crippen LogP contribution in [0.4, 0.5) is 5.82 Å². The van der Waals surface area contributed by atoms with Gasteiger partial charge in [0, 0.05) is 18.5 Å². The molecule has 2 heterocycles. The van der Waals surface area contributed by atoms with Crippen LogP contribution in [0.15, 0.2) is 27.3 Å². The molecule has 0 bridgehead atoms. The average Bonchev–Trinajstić information content (AvgIpc) is 2.83. The third-order valence-corrected chi connectivity index (χ3v) is 5.38. The molecular weight excluding hydrogens is 340 g/mol. The first-order valence-corrected chi connectivity index (χ1v) is 8.00. The molecule has 0 aliphatic heterocycles. The molecule has 18 heavy (non-hydrogen) atoms. The van der Waals surface area contributed by atoms with Gasteiger partial charge < -0.3 is 10.3 Å². The van der Waals surface area contributed by atoms with Crippen LogP contribution in [0.25, 0.3) is 0 Å². The zero-order chi connectivity index (χ0) is 13.3. The minimum Gasteiger partial charge on any atom is -0.381 e. The number of hydrogen-bond acceptors (Lipinski definition) is 5. The van der Waals surface area contributed by atoms with Crippen LogP contribution < -0.4 is 10.5 Å². The summed E-state index contributed by atoms with van der Waals surface area (Å²) in [6, 6.07) is 3.72. The highest BCUT2D eigenvalue weighted by molar-refractivity contribution is 9.11. The van der Waals surface area contributed by atoms with Gasteiger partial charge in [-0.25, -0.2) is 18.1 Å². The van der Waals surface area contributed by atoms with Crippen LogP contribution in [0.1, 0.15) is 4.88 Å². The predicted octanol–water partition coefficient (Wildman–Crippen LogP) is 1.30. The van der Waals surface area contributed by atoms with Crippen molar-refractivity contribution in [1.29, 1.82) is 0 Å². The molecule has 0 aromatic carbocycles. The number of nitrogen functional groups attached to an aromatic ring is 1. The highest BCUT2D eigenvalue weighted by atomic mass is 79.9. The fraction of sp³-hybridized carbons (Fsp3) is 0.222. The van der Waals surface area contributed by atoms with Crippen LogP contribution in [-0.2, 0) is 23.6 Å². The van der Waals surface area contributed by atoms with Crippen molar-refractivity contribution in [2.75, 3.05) is 5.73 Å². The Morgan fingerprint density at radius 2 is 2.28 bits per heavy atom. The van der Waals surface area contributed by atoms with Gasteiger partial charge >= 0.3 is 0 Å². The van der Waals surface area contributed by atoms with Crippen LogP contribution >= 0.6 is 27.3 Å². The molecule has 0 amide bonds. The zero-order valence-electron chi connectivity index (χ0n) is 9.42. The van der Waals surface area contributed by atoms with E-state index in [0.29, 0.717) is 0 Å². The molecule has 0 fully saturated rings. The van der Waals surface area contributed by atoms with E-state index in [1.165, 1.54) is 22.2 Å². The van der Waals surface area contributed by atoms with Crippen molar-refractivity contribution in [3.8, 4) is 0 Å². The van der Waals surface area contributed by atoms with Crippen LogP contribution in [0.2, 0.25) is 0 Å². The first kappa shape index (κ1) is 13.5. The largest absolute Gasteiger partial charge is 0.381 e. The second-order valence-electron chi connectivity index (χ2n) is 3.58. The topological polar surface area (TPSA) is 90.0 Å². The number of nitrogens with one attached hydrogen (secondary N) is 1. The number of nitrogens with zero attached hydrogens (tertiary/aromatic N) is 2. The van der Waals surface area contributed by atoms with E-state index < -0.39 is 10.0 Å². The molecule has 6 nitrogen and oxygen atoms in total. The smallest absolute Gasteiger partial charge is 0.260 e. The Labute approximate surface area is 117 Å². The van der Waals surface area contributed by atoms with Crippen molar-refractivity contribution in [3.63, 3.8) is 0 Å². The molecule has 0 aliphatic rings. The van der Waals surface area contributed by atoms with E-state index in [4.69, 9.17) is 5.73 Å². The van der Waals surface area contributed by atoms with E-state index in [0.717, 1.165) is 8.66 Å². The molecule has 0 saturated heterocycles. The van der Waals surface area contributed by atoms with Gasteiger partial charge in [-0.1, -0.05) is 0 Å². The fourth-order valence-corrected chi connectivity index (χ4v) is 4.20. The summed E-state index contributed by atoms with van der Waals surface area (Å²) < 4.78 is 28.9. The van der Waals surface area contributed by atoms with Crippen molar-refractivity contribution in [1.82, 2.24) is 14.3 Å². The number of hydrogen-bond donors (Lipinski definition) is 2. The van der Waals surface area contributed by atoms with Gasteiger partial charge in [-0.05, 0) is 28.1 Å². The zero-order valence-corrected chi connectivity index (χ0v) is 12.6. The Morgan fingerprint density at radius 1 is 1.56 bits per heavy atom. The van der Waals surface area contributed by atoms with Gasteiger partial charge in [-0.15, -0.1) is 11.3 Å². The lowest BCUT2D eigenvalue weighted by atomic mass is 10.5. The summed E-state index contributed by atoms with van der Waals surface area (Å²) in [5.41, 5.74) is 5.54. The second kappa shape index (κ2) is 5.00. The van der Waals surface area contributed by atoms with Crippen molar-refractivity contribution < 1.29 is 8.42 Å². The standard InChI is InChI=1S/C9H11BrN4O2S2/c1-14-5-12-8(11)9(14)18(15,16)13-4-6-2-3-7(10)17-6/h2-3,5,13H,4,11H2,1H3. The lowest BCUT2D eigenvalue weighted by Crippen LogP contribution is -2.25. The van der Waals surface area contributed by atoms with Crippen molar-refractivity contribution in [2.24, 2.45) is 7.05 Å². The lowest BCUT2D eigenvalue weighted by Gasteiger charge is -2.06. The van der Waals surface area contributed by atoms with Gasteiger partial charge in [0.25, 0.3) is 10.0 Å². The van der Waals surface area contributed by atoms with E-state index in [-0.39, 0.29) is 17.4 Å². The van der Waals surface area contributed by atoms with Gasteiger partial charge in [-0.2, -0.15) is 0 Å². The highest BCUT2D eigenvalue weighted by Crippen LogP contribution is 2.22. The maximum absolute atomic E-state index is 12.1. The van der Waals surface area contributed by atoms with E-state index in [2.05, 4.69) is 25.6 Å². The van der Waals surface area contributed by atoms with Crippen LogP contribution in [0, 0.1) is 0 Å². The van der Waals surface area contributed by atoms with E-state index >= 15 is 0 Å². The summed E-state index contributed by atoms with van der Waals surface area (Å²) in [6.07, 6.45) is 1.37. The molecule has 0 saturated carbocycles.